The van der Waals surface area contributed by atoms with E-state index in [4.69, 9.17) is 0 Å². The first kappa shape index (κ1) is 8.06. The Morgan fingerprint density at radius 2 is 2.00 bits per heavy atom. The van der Waals surface area contributed by atoms with Crippen LogP contribution in [0.1, 0.15) is 18.1 Å². The quantitative estimate of drug-likeness (QED) is 0.562. The molecule has 0 unspecified atom stereocenters. The third kappa shape index (κ3) is 2.23. The fourth-order valence-corrected chi connectivity index (χ4v) is 1.08. The largest absolute Gasteiger partial charge is 0.0913 e. The van der Waals surface area contributed by atoms with Crippen LogP contribution in [0.15, 0.2) is 36.4 Å². The van der Waals surface area contributed by atoms with Crippen molar-refractivity contribution in [3.8, 4) is 0 Å². The van der Waals surface area contributed by atoms with E-state index < -0.39 is 0 Å². The smallest absolute Gasteiger partial charge is 0.00949 e. The summed E-state index contributed by atoms with van der Waals surface area (Å²) in [7, 11) is 0. The molecule has 0 aliphatic rings. The number of hydrogen-bond donors (Lipinski definition) is 0. The van der Waals surface area contributed by atoms with Crippen molar-refractivity contribution in [2.24, 2.45) is 0 Å². The Morgan fingerprint density at radius 3 is 2.64 bits per heavy atom. The van der Waals surface area contributed by atoms with Crippen molar-refractivity contribution in [3.05, 3.63) is 47.5 Å². The Morgan fingerprint density at radius 1 is 1.27 bits per heavy atom. The van der Waals surface area contributed by atoms with E-state index in [2.05, 4.69) is 50.3 Å². The van der Waals surface area contributed by atoms with Gasteiger partial charge in [0.25, 0.3) is 0 Å². The maximum Gasteiger partial charge on any atom is -0.00949 e. The fourth-order valence-electron chi connectivity index (χ4n) is 1.08. The molecular weight excluding hydrogens is 132 g/mol. The van der Waals surface area contributed by atoms with Crippen LogP contribution in [0.2, 0.25) is 0 Å². The Hall–Kier alpha value is -1.04. The summed E-state index contributed by atoms with van der Waals surface area (Å²) in [5.74, 6) is 0. The number of allylic oxidation sites excluding steroid dienone is 2. The molecule has 0 N–H and O–H groups in total. The number of rotatable bonds is 2. The molecular formula is C11H14. The van der Waals surface area contributed by atoms with Gasteiger partial charge in [-0.05, 0) is 31.4 Å². The average Bonchev–Trinajstić information content (AvgIpc) is 2.03. The highest BCUT2D eigenvalue weighted by molar-refractivity contribution is 5.27. The molecule has 0 aliphatic heterocycles. The Bertz CT molecular complexity index is 246. The van der Waals surface area contributed by atoms with Gasteiger partial charge in [0.2, 0.25) is 0 Å². The average molecular weight is 146 g/mol. The summed E-state index contributed by atoms with van der Waals surface area (Å²) >= 11 is 0. The van der Waals surface area contributed by atoms with Gasteiger partial charge in [-0.25, -0.2) is 0 Å². The van der Waals surface area contributed by atoms with Crippen molar-refractivity contribution in [1.29, 1.82) is 0 Å². The van der Waals surface area contributed by atoms with Gasteiger partial charge in [-0.1, -0.05) is 36.4 Å². The molecule has 11 heavy (non-hydrogen) atoms. The lowest BCUT2D eigenvalue weighted by Gasteiger charge is -1.99. The van der Waals surface area contributed by atoms with Crippen LogP contribution < -0.4 is 0 Å². The monoisotopic (exact) mass is 146 g/mol. The predicted octanol–water partition coefficient (Wildman–Crippen LogP) is 3.11. The minimum atomic E-state index is 1.06. The van der Waals surface area contributed by atoms with Gasteiger partial charge >= 0.3 is 0 Å². The van der Waals surface area contributed by atoms with Crippen LogP contribution in [0, 0.1) is 6.92 Å². The molecule has 0 radical (unpaired) electrons. The number of aryl methyl sites for hydroxylation is 1. The molecule has 0 heteroatoms. The minimum Gasteiger partial charge on any atom is -0.0913 e. The van der Waals surface area contributed by atoms with Crippen LogP contribution in [-0.4, -0.2) is 0 Å². The van der Waals surface area contributed by atoms with E-state index in [1.54, 1.807) is 0 Å². The molecule has 0 atom stereocenters. The molecule has 0 saturated heterocycles. The van der Waals surface area contributed by atoms with Crippen molar-refractivity contribution in [2.75, 3.05) is 0 Å². The number of benzene rings is 1. The summed E-state index contributed by atoms with van der Waals surface area (Å²) in [5.41, 5.74) is 2.80. The van der Waals surface area contributed by atoms with Gasteiger partial charge in [0.05, 0.1) is 0 Å². The zero-order chi connectivity index (χ0) is 8.10. The minimum absolute atomic E-state index is 1.06. The van der Waals surface area contributed by atoms with Crippen molar-refractivity contribution < 1.29 is 0 Å². The SMILES string of the molecule is CC=CCc1ccccc1C. The van der Waals surface area contributed by atoms with Gasteiger partial charge in [0.15, 0.2) is 0 Å². The van der Waals surface area contributed by atoms with Gasteiger partial charge in [0.1, 0.15) is 0 Å². The maximum atomic E-state index is 2.18. The van der Waals surface area contributed by atoms with Crippen LogP contribution >= 0.6 is 0 Å². The molecule has 0 amide bonds. The van der Waals surface area contributed by atoms with Gasteiger partial charge in [-0.3, -0.25) is 0 Å². The fraction of sp³-hybridized carbons (Fsp3) is 0.273. The summed E-state index contributed by atoms with van der Waals surface area (Å²) in [6.45, 7) is 4.21. The highest BCUT2D eigenvalue weighted by Crippen LogP contribution is 2.07. The topological polar surface area (TPSA) is 0 Å². The van der Waals surface area contributed by atoms with Gasteiger partial charge in [-0.15, -0.1) is 0 Å². The maximum absolute atomic E-state index is 2.18. The molecule has 1 aromatic rings. The zero-order valence-electron chi connectivity index (χ0n) is 7.17. The molecule has 0 nitrogen and oxygen atoms in total. The molecule has 0 aromatic heterocycles. The van der Waals surface area contributed by atoms with E-state index in [0.717, 1.165) is 6.42 Å². The summed E-state index contributed by atoms with van der Waals surface area (Å²) in [4.78, 5) is 0. The third-order valence-electron chi connectivity index (χ3n) is 1.83. The summed E-state index contributed by atoms with van der Waals surface area (Å²) < 4.78 is 0. The molecule has 58 valence electrons. The molecule has 1 aromatic carbocycles. The molecule has 1 rings (SSSR count). The molecule has 0 bridgehead atoms. The van der Waals surface area contributed by atoms with Crippen molar-refractivity contribution >= 4 is 0 Å². The Labute approximate surface area is 68.6 Å². The predicted molar refractivity (Wildman–Crippen MR) is 49.7 cm³/mol. The second kappa shape index (κ2) is 3.97. The zero-order valence-corrected chi connectivity index (χ0v) is 7.17. The van der Waals surface area contributed by atoms with E-state index in [-0.39, 0.29) is 0 Å². The van der Waals surface area contributed by atoms with Crippen LogP contribution in [0.4, 0.5) is 0 Å². The van der Waals surface area contributed by atoms with E-state index >= 15 is 0 Å². The summed E-state index contributed by atoms with van der Waals surface area (Å²) in [6.07, 6.45) is 5.33. The first-order valence-corrected chi connectivity index (χ1v) is 4.00. The van der Waals surface area contributed by atoms with Crippen LogP contribution in [0.3, 0.4) is 0 Å². The first-order valence-electron chi connectivity index (χ1n) is 4.00. The second-order valence-corrected chi connectivity index (χ2v) is 2.70. The van der Waals surface area contributed by atoms with Crippen LogP contribution in [-0.2, 0) is 6.42 Å². The molecule has 0 spiro atoms. The van der Waals surface area contributed by atoms with E-state index in [1.807, 2.05) is 0 Å². The van der Waals surface area contributed by atoms with Crippen LogP contribution in [0.25, 0.3) is 0 Å². The Kier molecular flexibility index (Phi) is 2.91. The van der Waals surface area contributed by atoms with Gasteiger partial charge in [0, 0.05) is 0 Å². The van der Waals surface area contributed by atoms with E-state index in [0.29, 0.717) is 0 Å². The standard InChI is InChI=1S/C11H14/c1-3-4-8-11-9-6-5-7-10(11)2/h3-7,9H,8H2,1-2H3. The summed E-state index contributed by atoms with van der Waals surface area (Å²) in [6, 6.07) is 8.49. The second-order valence-electron chi connectivity index (χ2n) is 2.70. The van der Waals surface area contributed by atoms with E-state index in [1.165, 1.54) is 11.1 Å². The Balaban J connectivity index is 2.77. The highest BCUT2D eigenvalue weighted by Gasteiger charge is 1.91. The molecule has 0 heterocycles. The molecule has 0 aliphatic carbocycles. The van der Waals surface area contributed by atoms with Crippen molar-refractivity contribution in [1.82, 2.24) is 0 Å². The molecule has 0 fully saturated rings. The highest BCUT2D eigenvalue weighted by atomic mass is 14.0. The van der Waals surface area contributed by atoms with Crippen molar-refractivity contribution in [3.63, 3.8) is 0 Å². The number of hydrogen-bond acceptors (Lipinski definition) is 0. The van der Waals surface area contributed by atoms with Crippen molar-refractivity contribution in [2.45, 2.75) is 20.3 Å². The summed E-state index contributed by atoms with van der Waals surface area (Å²) in [5, 5.41) is 0. The normalized spacial score (nSPS) is 10.7. The lowest BCUT2D eigenvalue weighted by molar-refractivity contribution is 1.21. The van der Waals surface area contributed by atoms with Gasteiger partial charge < -0.3 is 0 Å². The lowest BCUT2D eigenvalue weighted by atomic mass is 10.1. The van der Waals surface area contributed by atoms with E-state index in [9.17, 15) is 0 Å². The molecule has 0 saturated carbocycles. The van der Waals surface area contributed by atoms with Crippen LogP contribution in [0.5, 0.6) is 0 Å². The van der Waals surface area contributed by atoms with Gasteiger partial charge in [-0.2, -0.15) is 0 Å². The third-order valence-corrected chi connectivity index (χ3v) is 1.83. The lowest BCUT2D eigenvalue weighted by Crippen LogP contribution is -1.84. The first-order chi connectivity index (χ1) is 5.34.